The third kappa shape index (κ3) is 4.10. The zero-order valence-corrected chi connectivity index (χ0v) is 5.80. The van der Waals surface area contributed by atoms with E-state index < -0.39 is 22.0 Å². The standard InChI is InChI=1S/C3H7NO5S/c4-1-2-10(7,8)9-3(5)6/h1-2,4H2,(H,5,6). The normalized spacial score (nSPS) is 10.9. The van der Waals surface area contributed by atoms with E-state index in [0.717, 1.165) is 0 Å². The van der Waals surface area contributed by atoms with Crippen LogP contribution in [0, 0.1) is 0 Å². The molecule has 0 bridgehead atoms. The van der Waals surface area contributed by atoms with Crippen LogP contribution in [-0.2, 0) is 14.3 Å². The topological polar surface area (TPSA) is 107 Å². The molecule has 0 aliphatic heterocycles. The van der Waals surface area contributed by atoms with E-state index in [2.05, 4.69) is 4.18 Å². The van der Waals surface area contributed by atoms with Crippen molar-refractivity contribution in [2.24, 2.45) is 5.73 Å². The van der Waals surface area contributed by atoms with Gasteiger partial charge in [-0.25, -0.2) is 4.79 Å². The summed E-state index contributed by atoms with van der Waals surface area (Å²) in [6, 6.07) is 0. The van der Waals surface area contributed by atoms with E-state index in [-0.39, 0.29) is 6.54 Å². The van der Waals surface area contributed by atoms with E-state index in [4.69, 9.17) is 10.8 Å². The maximum absolute atomic E-state index is 10.4. The first-order chi connectivity index (χ1) is 4.48. The summed E-state index contributed by atoms with van der Waals surface area (Å²) in [5.41, 5.74) is 4.84. The molecule has 0 radical (unpaired) electrons. The lowest BCUT2D eigenvalue weighted by Gasteiger charge is -1.97. The summed E-state index contributed by atoms with van der Waals surface area (Å²) < 4.78 is 24.2. The molecule has 3 N–H and O–H groups in total. The Labute approximate surface area is 57.7 Å². The fourth-order valence-electron chi connectivity index (χ4n) is 0.295. The SMILES string of the molecule is NCCS(=O)(=O)OC(=O)O. The number of carboxylic acid groups (broad SMARTS) is 1. The van der Waals surface area contributed by atoms with Gasteiger partial charge in [0.25, 0.3) is 0 Å². The first kappa shape index (κ1) is 9.18. The minimum atomic E-state index is -3.96. The van der Waals surface area contributed by atoms with Gasteiger partial charge in [-0.05, 0) is 0 Å². The summed E-state index contributed by atoms with van der Waals surface area (Å²) in [5.74, 6) is -0.487. The highest BCUT2D eigenvalue weighted by molar-refractivity contribution is 7.87. The first-order valence-electron chi connectivity index (χ1n) is 2.33. The van der Waals surface area contributed by atoms with Crippen molar-refractivity contribution < 1.29 is 22.5 Å². The molecule has 0 saturated carbocycles. The van der Waals surface area contributed by atoms with Gasteiger partial charge in [-0.3, -0.25) is 0 Å². The van der Waals surface area contributed by atoms with Crippen LogP contribution in [0.2, 0.25) is 0 Å². The van der Waals surface area contributed by atoms with Gasteiger partial charge in [0.2, 0.25) is 0 Å². The van der Waals surface area contributed by atoms with Gasteiger partial charge in [0.15, 0.2) is 0 Å². The van der Waals surface area contributed by atoms with E-state index in [1.807, 2.05) is 0 Å². The quantitative estimate of drug-likeness (QED) is 0.523. The molecule has 0 aromatic carbocycles. The molecule has 0 spiro atoms. The summed E-state index contributed by atoms with van der Waals surface area (Å²) in [7, 11) is -3.96. The van der Waals surface area contributed by atoms with Crippen LogP contribution < -0.4 is 5.73 Å². The molecule has 0 saturated heterocycles. The highest BCUT2D eigenvalue weighted by atomic mass is 32.2. The van der Waals surface area contributed by atoms with E-state index in [1.165, 1.54) is 0 Å². The van der Waals surface area contributed by atoms with Crippen molar-refractivity contribution >= 4 is 16.3 Å². The summed E-state index contributed by atoms with van der Waals surface area (Å²) >= 11 is 0. The van der Waals surface area contributed by atoms with Crippen LogP contribution in [0.4, 0.5) is 4.79 Å². The Bertz CT molecular complexity index is 207. The number of hydrogen-bond acceptors (Lipinski definition) is 5. The van der Waals surface area contributed by atoms with Gasteiger partial charge in [-0.1, -0.05) is 0 Å². The lowest BCUT2D eigenvalue weighted by molar-refractivity contribution is 0.147. The Kier molecular flexibility index (Phi) is 3.10. The summed E-state index contributed by atoms with van der Waals surface area (Å²) in [4.78, 5) is 9.65. The Balaban J connectivity index is 4.02. The van der Waals surface area contributed by atoms with Crippen molar-refractivity contribution in [3.05, 3.63) is 0 Å². The lowest BCUT2D eigenvalue weighted by Crippen LogP contribution is -2.20. The summed E-state index contributed by atoms with van der Waals surface area (Å²) in [5, 5.41) is 7.83. The molecule has 0 atom stereocenters. The van der Waals surface area contributed by atoms with Gasteiger partial charge in [0, 0.05) is 6.54 Å². The number of carbonyl (C=O) groups is 1. The molecule has 0 rings (SSSR count). The minimum absolute atomic E-state index is 0.157. The van der Waals surface area contributed by atoms with Gasteiger partial charge in [-0.2, -0.15) is 8.42 Å². The van der Waals surface area contributed by atoms with E-state index in [1.54, 1.807) is 0 Å². The van der Waals surface area contributed by atoms with Crippen LogP contribution in [-0.4, -0.2) is 32.0 Å². The maximum atomic E-state index is 10.4. The molecule has 0 heterocycles. The molecule has 0 aliphatic rings. The molecule has 60 valence electrons. The van der Waals surface area contributed by atoms with E-state index in [9.17, 15) is 13.2 Å². The van der Waals surface area contributed by atoms with Crippen molar-refractivity contribution in [1.82, 2.24) is 0 Å². The van der Waals surface area contributed by atoms with E-state index >= 15 is 0 Å². The van der Waals surface area contributed by atoms with Crippen LogP contribution in [0.1, 0.15) is 0 Å². The Morgan fingerprint density at radius 1 is 1.60 bits per heavy atom. The zero-order valence-electron chi connectivity index (χ0n) is 4.98. The van der Waals surface area contributed by atoms with Gasteiger partial charge in [-0.15, -0.1) is 0 Å². The second kappa shape index (κ2) is 3.37. The van der Waals surface area contributed by atoms with Crippen LogP contribution in [0.3, 0.4) is 0 Å². The molecular formula is C3H7NO5S. The van der Waals surface area contributed by atoms with Gasteiger partial charge < -0.3 is 15.0 Å². The largest absolute Gasteiger partial charge is 0.521 e. The zero-order chi connectivity index (χ0) is 8.20. The third-order valence-electron chi connectivity index (χ3n) is 0.566. The van der Waals surface area contributed by atoms with Crippen LogP contribution in [0.15, 0.2) is 0 Å². The predicted molar refractivity (Wildman–Crippen MR) is 32.0 cm³/mol. The van der Waals surface area contributed by atoms with Crippen LogP contribution in [0.5, 0.6) is 0 Å². The van der Waals surface area contributed by atoms with Crippen molar-refractivity contribution in [3.63, 3.8) is 0 Å². The average molecular weight is 169 g/mol. The number of rotatable bonds is 3. The summed E-state index contributed by atoms with van der Waals surface area (Å²) in [6.07, 6.45) is -1.84. The molecule has 0 aromatic rings. The highest BCUT2D eigenvalue weighted by Crippen LogP contribution is 1.91. The maximum Gasteiger partial charge on any atom is 0.521 e. The summed E-state index contributed by atoms with van der Waals surface area (Å²) in [6.45, 7) is -0.157. The van der Waals surface area contributed by atoms with Crippen molar-refractivity contribution in [1.29, 1.82) is 0 Å². The molecule has 0 aromatic heterocycles. The molecular weight excluding hydrogens is 162 g/mol. The Morgan fingerprint density at radius 2 is 2.10 bits per heavy atom. The Morgan fingerprint density at radius 3 is 2.40 bits per heavy atom. The molecule has 6 nitrogen and oxygen atoms in total. The average Bonchev–Trinajstić information content (AvgIpc) is 1.59. The van der Waals surface area contributed by atoms with E-state index in [0.29, 0.717) is 0 Å². The Hall–Kier alpha value is -0.820. The molecule has 7 heteroatoms. The number of nitrogens with two attached hydrogens (primary N) is 1. The molecule has 0 amide bonds. The van der Waals surface area contributed by atoms with Crippen molar-refractivity contribution in [3.8, 4) is 0 Å². The monoisotopic (exact) mass is 169 g/mol. The minimum Gasteiger partial charge on any atom is -0.449 e. The second-order valence-electron chi connectivity index (χ2n) is 1.40. The van der Waals surface area contributed by atoms with Crippen molar-refractivity contribution in [2.75, 3.05) is 12.3 Å². The van der Waals surface area contributed by atoms with Gasteiger partial charge in [0.1, 0.15) is 0 Å². The smallest absolute Gasteiger partial charge is 0.449 e. The molecule has 0 fully saturated rings. The third-order valence-corrected chi connectivity index (χ3v) is 1.70. The van der Waals surface area contributed by atoms with Gasteiger partial charge >= 0.3 is 16.3 Å². The highest BCUT2D eigenvalue weighted by Gasteiger charge is 2.13. The molecule has 0 aliphatic carbocycles. The predicted octanol–water partition coefficient (Wildman–Crippen LogP) is -1.03. The second-order valence-corrected chi connectivity index (χ2v) is 3.09. The fourth-order valence-corrected chi connectivity index (χ4v) is 0.884. The van der Waals surface area contributed by atoms with Gasteiger partial charge in [0.05, 0.1) is 5.75 Å². The van der Waals surface area contributed by atoms with Crippen molar-refractivity contribution in [2.45, 2.75) is 0 Å². The number of hydrogen-bond donors (Lipinski definition) is 2. The van der Waals surface area contributed by atoms with Crippen LogP contribution in [0.25, 0.3) is 0 Å². The fraction of sp³-hybridized carbons (Fsp3) is 0.667. The molecule has 0 unspecified atom stereocenters. The van der Waals surface area contributed by atoms with Crippen LogP contribution >= 0.6 is 0 Å². The lowest BCUT2D eigenvalue weighted by atomic mass is 10.8. The molecule has 10 heavy (non-hydrogen) atoms. The first-order valence-corrected chi connectivity index (χ1v) is 3.91.